The fraction of sp³-hybridized carbons (Fsp3) is 0.538. The lowest BCUT2D eigenvalue weighted by molar-refractivity contribution is -0.0298. The highest BCUT2D eigenvalue weighted by atomic mass is 35.5. The first-order valence-corrected chi connectivity index (χ1v) is 6.27. The van der Waals surface area contributed by atoms with Gasteiger partial charge in [0.2, 0.25) is 0 Å². The van der Waals surface area contributed by atoms with Gasteiger partial charge in [-0.2, -0.15) is 0 Å². The maximum atomic E-state index is 5.99. The molecule has 1 aliphatic rings. The molecular weight excluding hydrogens is 222 g/mol. The van der Waals surface area contributed by atoms with Gasteiger partial charge in [-0.15, -0.1) is 0 Å². The van der Waals surface area contributed by atoms with E-state index in [1.54, 1.807) is 0 Å². The van der Waals surface area contributed by atoms with Gasteiger partial charge < -0.3 is 4.74 Å². The van der Waals surface area contributed by atoms with Gasteiger partial charge in [-0.3, -0.25) is 4.90 Å². The molecule has 2 nitrogen and oxygen atoms in total. The molecule has 0 unspecified atom stereocenters. The zero-order chi connectivity index (χ0) is 11.4. The van der Waals surface area contributed by atoms with Gasteiger partial charge >= 0.3 is 0 Å². The first-order chi connectivity index (χ1) is 7.79. The van der Waals surface area contributed by atoms with Crippen LogP contribution in [0.2, 0.25) is 5.02 Å². The Balaban J connectivity index is 2.03. The second kappa shape index (κ2) is 5.67. The summed E-state index contributed by atoms with van der Waals surface area (Å²) in [5.41, 5.74) is 1.19. The highest BCUT2D eigenvalue weighted by Gasteiger charge is 2.21. The largest absolute Gasteiger partial charge is 0.371 e. The van der Waals surface area contributed by atoms with Crippen LogP contribution in [0, 0.1) is 0 Å². The molecule has 1 aromatic rings. The Morgan fingerprint density at radius 2 is 2.38 bits per heavy atom. The second-order valence-electron chi connectivity index (χ2n) is 4.22. The highest BCUT2D eigenvalue weighted by molar-refractivity contribution is 6.30. The average Bonchev–Trinajstić information content (AvgIpc) is 2.30. The van der Waals surface area contributed by atoms with Crippen molar-refractivity contribution in [3.8, 4) is 0 Å². The van der Waals surface area contributed by atoms with Crippen molar-refractivity contribution in [2.45, 2.75) is 19.4 Å². The van der Waals surface area contributed by atoms with Gasteiger partial charge in [0.25, 0.3) is 0 Å². The van der Waals surface area contributed by atoms with E-state index in [0.29, 0.717) is 0 Å². The number of ether oxygens (including phenoxy) is 1. The van der Waals surface area contributed by atoms with Gasteiger partial charge in [-0.05, 0) is 30.7 Å². The first kappa shape index (κ1) is 11.9. The summed E-state index contributed by atoms with van der Waals surface area (Å²) in [6, 6.07) is 7.98. The molecule has 1 heterocycles. The molecule has 16 heavy (non-hydrogen) atoms. The zero-order valence-corrected chi connectivity index (χ0v) is 10.4. The van der Waals surface area contributed by atoms with E-state index in [0.717, 1.165) is 31.3 Å². The van der Waals surface area contributed by atoms with Gasteiger partial charge in [0.1, 0.15) is 0 Å². The quantitative estimate of drug-likeness (QED) is 0.804. The lowest BCUT2D eigenvalue weighted by Crippen LogP contribution is -2.38. The fourth-order valence-corrected chi connectivity index (χ4v) is 2.33. The van der Waals surface area contributed by atoms with Crippen LogP contribution in [-0.4, -0.2) is 31.1 Å². The van der Waals surface area contributed by atoms with Gasteiger partial charge in [0.05, 0.1) is 12.7 Å². The summed E-state index contributed by atoms with van der Waals surface area (Å²) in [6.07, 6.45) is 1.38. The van der Waals surface area contributed by atoms with Crippen molar-refractivity contribution in [1.29, 1.82) is 0 Å². The van der Waals surface area contributed by atoms with Crippen LogP contribution < -0.4 is 0 Å². The zero-order valence-electron chi connectivity index (χ0n) is 9.66. The molecule has 1 aromatic carbocycles. The van der Waals surface area contributed by atoms with E-state index < -0.39 is 0 Å². The predicted octanol–water partition coefficient (Wildman–Crippen LogP) is 3.12. The van der Waals surface area contributed by atoms with E-state index in [4.69, 9.17) is 16.3 Å². The molecule has 1 saturated heterocycles. The van der Waals surface area contributed by atoms with Gasteiger partial charge in [0.15, 0.2) is 0 Å². The Kier molecular flexibility index (Phi) is 4.22. The summed E-state index contributed by atoms with van der Waals surface area (Å²) >= 11 is 5.99. The molecule has 0 radical (unpaired) electrons. The Morgan fingerprint density at radius 1 is 1.50 bits per heavy atom. The van der Waals surface area contributed by atoms with Crippen molar-refractivity contribution in [3.63, 3.8) is 0 Å². The van der Waals surface area contributed by atoms with Crippen LogP contribution in [-0.2, 0) is 4.74 Å². The molecule has 1 aliphatic heterocycles. The first-order valence-electron chi connectivity index (χ1n) is 5.89. The second-order valence-corrected chi connectivity index (χ2v) is 4.65. The Bertz CT molecular complexity index is 340. The Morgan fingerprint density at radius 3 is 3.12 bits per heavy atom. The summed E-state index contributed by atoms with van der Waals surface area (Å²) in [5, 5.41) is 0.786. The summed E-state index contributed by atoms with van der Waals surface area (Å²) in [5.74, 6) is 0. The fourth-order valence-electron chi connectivity index (χ4n) is 2.13. The highest BCUT2D eigenvalue weighted by Crippen LogP contribution is 2.24. The van der Waals surface area contributed by atoms with E-state index in [1.165, 1.54) is 12.0 Å². The van der Waals surface area contributed by atoms with Crippen molar-refractivity contribution in [1.82, 2.24) is 4.90 Å². The molecule has 0 amide bonds. The lowest BCUT2D eigenvalue weighted by Gasteiger charge is -2.32. The maximum Gasteiger partial charge on any atom is 0.0952 e. The third-order valence-corrected chi connectivity index (χ3v) is 3.15. The van der Waals surface area contributed by atoms with Crippen LogP contribution in [0.5, 0.6) is 0 Å². The van der Waals surface area contributed by atoms with Crippen molar-refractivity contribution in [3.05, 3.63) is 34.9 Å². The number of halogens is 1. The number of nitrogens with zero attached hydrogens (tertiary/aromatic N) is 1. The summed E-state index contributed by atoms with van der Waals surface area (Å²) in [7, 11) is 0. The summed E-state index contributed by atoms with van der Waals surface area (Å²) in [4.78, 5) is 2.45. The number of benzene rings is 1. The molecule has 0 aliphatic carbocycles. The van der Waals surface area contributed by atoms with Crippen molar-refractivity contribution >= 4 is 11.6 Å². The van der Waals surface area contributed by atoms with Crippen LogP contribution >= 0.6 is 11.6 Å². The van der Waals surface area contributed by atoms with Crippen LogP contribution in [0.3, 0.4) is 0 Å². The summed E-state index contributed by atoms with van der Waals surface area (Å²) in [6.45, 7) is 6.21. The number of morpholine rings is 1. The molecule has 3 heteroatoms. The minimum atomic E-state index is 0.180. The smallest absolute Gasteiger partial charge is 0.0952 e. The van der Waals surface area contributed by atoms with E-state index in [1.807, 2.05) is 18.2 Å². The topological polar surface area (TPSA) is 12.5 Å². The normalized spacial score (nSPS) is 22.2. The Labute approximate surface area is 102 Å². The van der Waals surface area contributed by atoms with E-state index in [9.17, 15) is 0 Å². The van der Waals surface area contributed by atoms with E-state index >= 15 is 0 Å². The molecule has 88 valence electrons. The monoisotopic (exact) mass is 239 g/mol. The average molecular weight is 240 g/mol. The molecule has 0 spiro atoms. The van der Waals surface area contributed by atoms with Crippen molar-refractivity contribution < 1.29 is 4.74 Å². The molecule has 1 fully saturated rings. The predicted molar refractivity (Wildman–Crippen MR) is 66.9 cm³/mol. The van der Waals surface area contributed by atoms with Crippen molar-refractivity contribution in [2.75, 3.05) is 26.2 Å². The minimum Gasteiger partial charge on any atom is -0.371 e. The molecule has 2 rings (SSSR count). The van der Waals surface area contributed by atoms with Gasteiger partial charge in [-0.25, -0.2) is 0 Å². The number of hydrogen-bond acceptors (Lipinski definition) is 2. The van der Waals surface area contributed by atoms with Crippen LogP contribution in [0.15, 0.2) is 24.3 Å². The van der Waals surface area contributed by atoms with E-state index in [2.05, 4.69) is 17.9 Å². The minimum absolute atomic E-state index is 0.180. The van der Waals surface area contributed by atoms with Gasteiger partial charge in [0, 0.05) is 18.1 Å². The van der Waals surface area contributed by atoms with Crippen LogP contribution in [0.1, 0.15) is 25.0 Å². The third-order valence-electron chi connectivity index (χ3n) is 2.91. The van der Waals surface area contributed by atoms with Crippen LogP contribution in [0.4, 0.5) is 0 Å². The van der Waals surface area contributed by atoms with E-state index in [-0.39, 0.29) is 6.10 Å². The summed E-state index contributed by atoms with van der Waals surface area (Å²) < 4.78 is 5.80. The molecular formula is C13H18ClNO. The molecule has 0 N–H and O–H groups in total. The SMILES string of the molecule is CCCN1CCO[C@@H](c2cccc(Cl)c2)C1. The lowest BCUT2D eigenvalue weighted by atomic mass is 10.1. The molecule has 0 saturated carbocycles. The number of rotatable bonds is 3. The van der Waals surface area contributed by atoms with Crippen LogP contribution in [0.25, 0.3) is 0 Å². The maximum absolute atomic E-state index is 5.99. The van der Waals surface area contributed by atoms with Gasteiger partial charge in [-0.1, -0.05) is 30.7 Å². The Hall–Kier alpha value is -0.570. The van der Waals surface area contributed by atoms with Crippen molar-refractivity contribution in [2.24, 2.45) is 0 Å². The molecule has 1 atom stereocenters. The standard InChI is InChI=1S/C13H18ClNO/c1-2-6-15-7-8-16-13(10-15)11-4-3-5-12(14)9-11/h3-5,9,13H,2,6-8,10H2,1H3/t13-/m1/s1. The third kappa shape index (κ3) is 2.97. The number of hydrogen-bond donors (Lipinski definition) is 0. The molecule has 0 bridgehead atoms. The molecule has 0 aromatic heterocycles.